The van der Waals surface area contributed by atoms with Gasteiger partial charge in [0.25, 0.3) is 0 Å². The smallest absolute Gasteiger partial charge is 0.321 e. The van der Waals surface area contributed by atoms with Gasteiger partial charge in [0.2, 0.25) is 0 Å². The Morgan fingerprint density at radius 3 is 2.67 bits per heavy atom. The van der Waals surface area contributed by atoms with E-state index in [9.17, 15) is 4.79 Å². The van der Waals surface area contributed by atoms with E-state index < -0.39 is 0 Å². The zero-order valence-electron chi connectivity index (χ0n) is 12.0. The molecule has 0 unspecified atom stereocenters. The van der Waals surface area contributed by atoms with Crippen LogP contribution >= 0.6 is 12.2 Å². The number of urea groups is 1. The molecule has 0 aliphatic carbocycles. The molecule has 0 aliphatic heterocycles. The Morgan fingerprint density at radius 1 is 1.24 bits per heavy atom. The highest BCUT2D eigenvalue weighted by Gasteiger charge is 2.12. The van der Waals surface area contributed by atoms with Crippen LogP contribution in [0.1, 0.15) is 13.3 Å². The third kappa shape index (κ3) is 3.92. The van der Waals surface area contributed by atoms with E-state index in [1.165, 1.54) is 0 Å². The van der Waals surface area contributed by atoms with E-state index in [0.717, 1.165) is 16.5 Å². The molecule has 3 N–H and O–H groups in total. The van der Waals surface area contributed by atoms with Gasteiger partial charge in [0, 0.05) is 24.9 Å². The molecule has 0 saturated heterocycles. The minimum Gasteiger partial charge on any atom is -0.393 e. The molecule has 0 spiro atoms. The van der Waals surface area contributed by atoms with Crippen LogP contribution in [-0.2, 0) is 0 Å². The predicted molar refractivity (Wildman–Crippen MR) is 91.6 cm³/mol. The Hall–Kier alpha value is -2.14. The average Bonchev–Trinajstić information content (AvgIpc) is 2.48. The van der Waals surface area contributed by atoms with Crippen LogP contribution in [0.3, 0.4) is 0 Å². The van der Waals surface area contributed by atoms with Crippen molar-refractivity contribution >= 4 is 39.7 Å². The molecular weight excluding hydrogens is 282 g/mol. The van der Waals surface area contributed by atoms with Crippen LogP contribution in [-0.4, -0.2) is 29.0 Å². The molecular formula is C16H19N3OS. The number of hydrogen-bond donors (Lipinski definition) is 2. The van der Waals surface area contributed by atoms with E-state index >= 15 is 0 Å². The van der Waals surface area contributed by atoms with Crippen molar-refractivity contribution in [3.05, 3.63) is 42.5 Å². The minimum absolute atomic E-state index is 0.134. The molecule has 0 aromatic heterocycles. The molecule has 0 atom stereocenters. The van der Waals surface area contributed by atoms with Crippen molar-refractivity contribution in [1.82, 2.24) is 4.90 Å². The fourth-order valence-electron chi connectivity index (χ4n) is 2.18. The Kier molecular flexibility index (Phi) is 5.11. The van der Waals surface area contributed by atoms with Crippen molar-refractivity contribution in [2.24, 2.45) is 5.73 Å². The summed E-state index contributed by atoms with van der Waals surface area (Å²) in [7, 11) is 0. The van der Waals surface area contributed by atoms with Gasteiger partial charge in [-0.05, 0) is 18.4 Å². The van der Waals surface area contributed by atoms with Gasteiger partial charge in [-0.15, -0.1) is 0 Å². The summed E-state index contributed by atoms with van der Waals surface area (Å²) in [5.41, 5.74) is 6.31. The summed E-state index contributed by atoms with van der Waals surface area (Å²) < 4.78 is 0. The first-order valence-electron chi connectivity index (χ1n) is 6.94. The average molecular weight is 301 g/mol. The summed E-state index contributed by atoms with van der Waals surface area (Å²) in [5, 5.41) is 5.09. The summed E-state index contributed by atoms with van der Waals surface area (Å²) >= 11 is 4.86. The molecule has 2 amide bonds. The lowest BCUT2D eigenvalue weighted by Gasteiger charge is -2.21. The van der Waals surface area contributed by atoms with Gasteiger partial charge in [0.05, 0.1) is 10.7 Å². The first-order chi connectivity index (χ1) is 10.1. The fraction of sp³-hybridized carbons (Fsp3) is 0.250. The number of nitrogens with one attached hydrogen (secondary N) is 1. The number of fused-ring (bicyclic) bond motifs is 1. The molecule has 4 nitrogen and oxygen atoms in total. The van der Waals surface area contributed by atoms with Crippen molar-refractivity contribution in [2.45, 2.75) is 13.3 Å². The topological polar surface area (TPSA) is 58.4 Å². The molecule has 0 aliphatic rings. The number of thiocarbonyl (C=S) groups is 1. The largest absolute Gasteiger partial charge is 0.393 e. The first kappa shape index (κ1) is 15.3. The Balaban J connectivity index is 2.15. The number of hydrogen-bond acceptors (Lipinski definition) is 2. The Morgan fingerprint density at radius 2 is 1.95 bits per heavy atom. The lowest BCUT2D eigenvalue weighted by molar-refractivity contribution is 0.216. The maximum absolute atomic E-state index is 12.3. The number of nitrogens with two attached hydrogens (primary N) is 1. The monoisotopic (exact) mass is 301 g/mol. The van der Waals surface area contributed by atoms with Crippen LogP contribution in [0, 0.1) is 0 Å². The van der Waals surface area contributed by atoms with Gasteiger partial charge in [0.15, 0.2) is 0 Å². The second kappa shape index (κ2) is 7.04. The molecule has 0 bridgehead atoms. The molecule has 2 aromatic rings. The van der Waals surface area contributed by atoms with Crippen LogP contribution in [0.25, 0.3) is 10.8 Å². The quantitative estimate of drug-likeness (QED) is 0.832. The number of anilines is 1. The lowest BCUT2D eigenvalue weighted by Crippen LogP contribution is -2.36. The molecule has 5 heteroatoms. The van der Waals surface area contributed by atoms with Gasteiger partial charge >= 0.3 is 6.03 Å². The van der Waals surface area contributed by atoms with Crippen molar-refractivity contribution in [2.75, 3.05) is 18.4 Å². The van der Waals surface area contributed by atoms with E-state index in [1.54, 1.807) is 4.90 Å². The molecule has 110 valence electrons. The van der Waals surface area contributed by atoms with Crippen LogP contribution in [0.15, 0.2) is 42.5 Å². The number of carbonyl (C=O) groups is 1. The highest BCUT2D eigenvalue weighted by atomic mass is 32.1. The molecule has 2 aromatic carbocycles. The third-order valence-electron chi connectivity index (χ3n) is 3.33. The van der Waals surface area contributed by atoms with Crippen molar-refractivity contribution < 1.29 is 4.79 Å². The highest BCUT2D eigenvalue weighted by molar-refractivity contribution is 7.80. The molecule has 0 saturated carbocycles. The maximum atomic E-state index is 12.3. The number of benzene rings is 2. The number of carbonyl (C=O) groups excluding carboxylic acids is 1. The highest BCUT2D eigenvalue weighted by Crippen LogP contribution is 2.23. The second-order valence-electron chi connectivity index (χ2n) is 4.75. The molecule has 0 radical (unpaired) electrons. The number of nitrogens with zero attached hydrogens (tertiary/aromatic N) is 1. The Bertz CT molecular complexity index is 652. The van der Waals surface area contributed by atoms with Crippen molar-refractivity contribution in [3.8, 4) is 0 Å². The lowest BCUT2D eigenvalue weighted by atomic mass is 10.1. The predicted octanol–water partition coefficient (Wildman–Crippen LogP) is 3.37. The Labute approximate surface area is 129 Å². The zero-order valence-corrected chi connectivity index (χ0v) is 12.8. The molecule has 0 fully saturated rings. The van der Waals surface area contributed by atoms with E-state index in [1.807, 2.05) is 49.4 Å². The zero-order chi connectivity index (χ0) is 15.2. The van der Waals surface area contributed by atoms with E-state index in [4.69, 9.17) is 18.0 Å². The SMILES string of the molecule is CCN(CCC(N)=S)C(=O)Nc1cccc2ccccc12. The number of rotatable bonds is 5. The number of amides is 2. The summed E-state index contributed by atoms with van der Waals surface area (Å²) in [4.78, 5) is 14.4. The standard InChI is InChI=1S/C16H19N3OS/c1-2-19(11-10-15(17)21)16(20)18-14-9-5-7-12-6-3-4-8-13(12)14/h3-9H,2,10-11H2,1H3,(H2,17,21)(H,18,20). The van der Waals surface area contributed by atoms with Gasteiger partial charge in [-0.1, -0.05) is 48.6 Å². The van der Waals surface area contributed by atoms with E-state index in [0.29, 0.717) is 24.5 Å². The van der Waals surface area contributed by atoms with Gasteiger partial charge in [-0.3, -0.25) is 0 Å². The van der Waals surface area contributed by atoms with Gasteiger partial charge in [0.1, 0.15) is 0 Å². The first-order valence-corrected chi connectivity index (χ1v) is 7.34. The summed E-state index contributed by atoms with van der Waals surface area (Å²) in [6.07, 6.45) is 0.534. The molecule has 21 heavy (non-hydrogen) atoms. The van der Waals surface area contributed by atoms with Gasteiger partial charge < -0.3 is 16.0 Å². The third-order valence-corrected chi connectivity index (χ3v) is 3.53. The summed E-state index contributed by atoms with van der Waals surface area (Å²) in [6.45, 7) is 3.07. The summed E-state index contributed by atoms with van der Waals surface area (Å²) in [5.74, 6) is 0. The second-order valence-corrected chi connectivity index (χ2v) is 5.28. The van der Waals surface area contributed by atoms with Crippen LogP contribution in [0.2, 0.25) is 0 Å². The van der Waals surface area contributed by atoms with Crippen LogP contribution in [0.4, 0.5) is 10.5 Å². The van der Waals surface area contributed by atoms with Gasteiger partial charge in [-0.2, -0.15) is 0 Å². The van der Waals surface area contributed by atoms with Crippen LogP contribution < -0.4 is 11.1 Å². The molecule has 2 rings (SSSR count). The maximum Gasteiger partial charge on any atom is 0.321 e. The normalized spacial score (nSPS) is 10.3. The summed E-state index contributed by atoms with van der Waals surface area (Å²) in [6, 6.07) is 13.7. The van der Waals surface area contributed by atoms with Crippen LogP contribution in [0.5, 0.6) is 0 Å². The van der Waals surface area contributed by atoms with Gasteiger partial charge in [-0.25, -0.2) is 4.79 Å². The minimum atomic E-state index is -0.134. The fourth-order valence-corrected chi connectivity index (χ4v) is 2.27. The molecule has 0 heterocycles. The van der Waals surface area contributed by atoms with E-state index in [-0.39, 0.29) is 6.03 Å². The van der Waals surface area contributed by atoms with Crippen molar-refractivity contribution in [1.29, 1.82) is 0 Å². The van der Waals surface area contributed by atoms with Crippen molar-refractivity contribution in [3.63, 3.8) is 0 Å². The van der Waals surface area contributed by atoms with E-state index in [2.05, 4.69) is 5.32 Å².